The van der Waals surface area contributed by atoms with Gasteiger partial charge in [-0.05, 0) is 6.92 Å². The van der Waals surface area contributed by atoms with Crippen LogP contribution in [0, 0.1) is 0 Å². The average Bonchev–Trinajstić information content (AvgIpc) is 2.48. The number of hydrogen-bond donors (Lipinski definition) is 2. The largest absolute Gasteiger partial charge is 0.352 e. The number of nitrogens with one attached hydrogen (secondary N) is 2. The molecule has 0 spiro atoms. The molecule has 0 amide bonds. The minimum Gasteiger partial charge on any atom is -0.289 e. The molecule has 2 aromatic rings. The van der Waals surface area contributed by atoms with Crippen molar-refractivity contribution in [2.24, 2.45) is 0 Å². The summed E-state index contributed by atoms with van der Waals surface area (Å²) in [4.78, 5) is 20.3. The maximum atomic E-state index is 12.0. The first-order chi connectivity index (χ1) is 9.76. The molecule has 104 valence electrons. The van der Waals surface area contributed by atoms with Gasteiger partial charge in [0.05, 0.1) is 0 Å². The summed E-state index contributed by atoms with van der Waals surface area (Å²) >= 11 is 0. The summed E-state index contributed by atoms with van der Waals surface area (Å²) in [5, 5.41) is 0. The fraction of sp³-hybridized carbons (Fsp3) is 0.214. The average molecular weight is 271 g/mol. The summed E-state index contributed by atoms with van der Waals surface area (Å²) < 4.78 is 1.54. The van der Waals surface area contributed by atoms with Gasteiger partial charge in [0, 0.05) is 18.7 Å². The third kappa shape index (κ3) is 3.10. The van der Waals surface area contributed by atoms with Gasteiger partial charge in [0.15, 0.2) is 0 Å². The van der Waals surface area contributed by atoms with Gasteiger partial charge >= 0.3 is 5.69 Å². The zero-order chi connectivity index (χ0) is 14.4. The molecule has 1 aromatic heterocycles. The smallest absolute Gasteiger partial charge is 0.289 e. The number of anilines is 1. The Kier molecular flexibility index (Phi) is 4.62. The van der Waals surface area contributed by atoms with Crippen LogP contribution in [0.2, 0.25) is 0 Å². The molecule has 2 N–H and O–H groups in total. The van der Waals surface area contributed by atoms with Crippen LogP contribution in [-0.4, -0.2) is 21.1 Å². The van der Waals surface area contributed by atoms with Gasteiger partial charge in [-0.3, -0.25) is 9.99 Å². The van der Waals surface area contributed by atoms with E-state index in [4.69, 9.17) is 0 Å². The Morgan fingerprint density at radius 2 is 2.05 bits per heavy atom. The van der Waals surface area contributed by atoms with Gasteiger partial charge in [0.25, 0.3) is 0 Å². The van der Waals surface area contributed by atoms with Crippen molar-refractivity contribution in [3.8, 4) is 11.4 Å². The van der Waals surface area contributed by atoms with Crippen LogP contribution in [0.1, 0.15) is 6.92 Å². The highest BCUT2D eigenvalue weighted by atomic mass is 16.1. The minimum absolute atomic E-state index is 0.250. The molecule has 0 aliphatic heterocycles. The number of hydrazine groups is 1. The van der Waals surface area contributed by atoms with Crippen LogP contribution in [0.4, 0.5) is 5.95 Å². The van der Waals surface area contributed by atoms with Crippen molar-refractivity contribution in [1.29, 1.82) is 0 Å². The Labute approximate surface area is 117 Å². The maximum Gasteiger partial charge on any atom is 0.352 e. The van der Waals surface area contributed by atoms with Crippen LogP contribution in [0.15, 0.2) is 47.8 Å². The van der Waals surface area contributed by atoms with E-state index in [1.54, 1.807) is 6.08 Å². The summed E-state index contributed by atoms with van der Waals surface area (Å²) in [5.74, 6) is 0.844. The SMILES string of the molecule is C=CCNNc1nc(-c2ccccc2)n(CC)c(=O)n1. The standard InChI is InChI=1S/C14H17N5O/c1-3-10-15-18-13-16-12(11-8-6-5-7-9-11)19(4-2)14(20)17-13/h3,5-9,15H,1,4,10H2,2H3,(H,17,18,20). The quantitative estimate of drug-likeness (QED) is 0.472. The monoisotopic (exact) mass is 271 g/mol. The first kappa shape index (κ1) is 14.0. The van der Waals surface area contributed by atoms with E-state index in [9.17, 15) is 4.79 Å². The van der Waals surface area contributed by atoms with Crippen LogP contribution in [0.3, 0.4) is 0 Å². The van der Waals surface area contributed by atoms with Gasteiger partial charge in [-0.25, -0.2) is 10.2 Å². The summed E-state index contributed by atoms with van der Waals surface area (Å²) in [7, 11) is 0. The van der Waals surface area contributed by atoms with Gasteiger partial charge < -0.3 is 0 Å². The van der Waals surface area contributed by atoms with E-state index < -0.39 is 0 Å². The Morgan fingerprint density at radius 1 is 1.30 bits per heavy atom. The fourth-order valence-electron chi connectivity index (χ4n) is 1.78. The molecule has 0 aliphatic carbocycles. The number of benzene rings is 1. The van der Waals surface area contributed by atoms with E-state index in [1.807, 2.05) is 37.3 Å². The van der Waals surface area contributed by atoms with E-state index in [-0.39, 0.29) is 11.6 Å². The topological polar surface area (TPSA) is 71.8 Å². The third-order valence-electron chi connectivity index (χ3n) is 2.69. The second kappa shape index (κ2) is 6.63. The predicted octanol–water partition coefficient (Wildman–Crippen LogP) is 1.43. The molecule has 0 saturated heterocycles. The summed E-state index contributed by atoms with van der Waals surface area (Å²) in [6, 6.07) is 9.56. The molecular weight excluding hydrogens is 254 g/mol. The number of nitrogens with zero attached hydrogens (tertiary/aromatic N) is 3. The molecule has 0 saturated carbocycles. The molecular formula is C14H17N5O. The summed E-state index contributed by atoms with van der Waals surface area (Å²) in [6.07, 6.45) is 1.69. The second-order valence-electron chi connectivity index (χ2n) is 4.06. The molecule has 1 heterocycles. The third-order valence-corrected chi connectivity index (χ3v) is 2.69. The summed E-state index contributed by atoms with van der Waals surface area (Å²) in [5.41, 5.74) is 6.19. The molecule has 0 fully saturated rings. The van der Waals surface area contributed by atoms with E-state index in [2.05, 4.69) is 27.4 Å². The highest BCUT2D eigenvalue weighted by Crippen LogP contribution is 2.15. The molecule has 0 unspecified atom stereocenters. The van der Waals surface area contributed by atoms with Crippen LogP contribution in [-0.2, 0) is 6.54 Å². The predicted molar refractivity (Wildman–Crippen MR) is 79.2 cm³/mol. The van der Waals surface area contributed by atoms with E-state index in [0.717, 1.165) is 5.56 Å². The van der Waals surface area contributed by atoms with Gasteiger partial charge in [-0.15, -0.1) is 6.58 Å². The minimum atomic E-state index is -0.329. The van der Waals surface area contributed by atoms with Crippen molar-refractivity contribution in [2.75, 3.05) is 12.0 Å². The van der Waals surface area contributed by atoms with Crippen molar-refractivity contribution in [2.45, 2.75) is 13.5 Å². The molecule has 2 rings (SSSR count). The Hall–Kier alpha value is -2.47. The lowest BCUT2D eigenvalue weighted by molar-refractivity contribution is 0.683. The van der Waals surface area contributed by atoms with Crippen LogP contribution >= 0.6 is 0 Å². The molecule has 6 heteroatoms. The van der Waals surface area contributed by atoms with Gasteiger partial charge in [-0.2, -0.15) is 9.97 Å². The Morgan fingerprint density at radius 3 is 2.70 bits per heavy atom. The number of hydrogen-bond acceptors (Lipinski definition) is 5. The van der Waals surface area contributed by atoms with Crippen LogP contribution in [0.5, 0.6) is 0 Å². The van der Waals surface area contributed by atoms with Crippen LogP contribution < -0.4 is 16.5 Å². The van der Waals surface area contributed by atoms with Crippen molar-refractivity contribution < 1.29 is 0 Å². The molecule has 1 aromatic carbocycles. The highest BCUT2D eigenvalue weighted by Gasteiger charge is 2.10. The van der Waals surface area contributed by atoms with Crippen molar-refractivity contribution in [3.05, 3.63) is 53.5 Å². The molecule has 0 atom stereocenters. The number of aromatic nitrogens is 3. The summed E-state index contributed by atoms with van der Waals surface area (Å²) in [6.45, 7) is 6.54. The van der Waals surface area contributed by atoms with Crippen molar-refractivity contribution in [3.63, 3.8) is 0 Å². The Bertz CT molecular complexity index is 636. The lowest BCUT2D eigenvalue weighted by atomic mass is 10.2. The zero-order valence-electron chi connectivity index (χ0n) is 11.3. The molecule has 0 aliphatic rings. The van der Waals surface area contributed by atoms with E-state index in [1.165, 1.54) is 4.57 Å². The number of rotatable bonds is 6. The van der Waals surface area contributed by atoms with E-state index in [0.29, 0.717) is 18.9 Å². The van der Waals surface area contributed by atoms with Gasteiger partial charge in [0.1, 0.15) is 5.82 Å². The second-order valence-corrected chi connectivity index (χ2v) is 4.06. The first-order valence-corrected chi connectivity index (χ1v) is 6.40. The van der Waals surface area contributed by atoms with Gasteiger partial charge in [-0.1, -0.05) is 36.4 Å². The molecule has 20 heavy (non-hydrogen) atoms. The van der Waals surface area contributed by atoms with Gasteiger partial charge in [0.2, 0.25) is 5.95 Å². The lowest BCUT2D eigenvalue weighted by Crippen LogP contribution is -2.30. The normalized spacial score (nSPS) is 10.2. The lowest BCUT2D eigenvalue weighted by Gasteiger charge is -2.11. The first-order valence-electron chi connectivity index (χ1n) is 6.40. The maximum absolute atomic E-state index is 12.0. The highest BCUT2D eigenvalue weighted by molar-refractivity contribution is 5.56. The zero-order valence-corrected chi connectivity index (χ0v) is 11.3. The van der Waals surface area contributed by atoms with E-state index >= 15 is 0 Å². The fourth-order valence-corrected chi connectivity index (χ4v) is 1.78. The molecule has 0 radical (unpaired) electrons. The molecule has 0 bridgehead atoms. The van der Waals surface area contributed by atoms with Crippen LogP contribution in [0.25, 0.3) is 11.4 Å². The Balaban J connectivity index is 2.42. The molecule has 6 nitrogen and oxygen atoms in total. The van der Waals surface area contributed by atoms with Crippen molar-refractivity contribution in [1.82, 2.24) is 20.0 Å². The van der Waals surface area contributed by atoms with Crippen molar-refractivity contribution >= 4 is 5.95 Å².